The van der Waals surface area contributed by atoms with Gasteiger partial charge in [0.15, 0.2) is 18.9 Å². The van der Waals surface area contributed by atoms with Crippen LogP contribution in [0.5, 0.6) is 0 Å². The van der Waals surface area contributed by atoms with Gasteiger partial charge in [-0.05, 0) is 38.5 Å². The summed E-state index contributed by atoms with van der Waals surface area (Å²) in [6, 6.07) is -0.886. The molecule has 17 unspecified atom stereocenters. The van der Waals surface area contributed by atoms with Crippen LogP contribution in [0.2, 0.25) is 0 Å². The van der Waals surface area contributed by atoms with E-state index in [4.69, 9.17) is 28.4 Å². The molecule has 3 aliphatic heterocycles. The maximum absolute atomic E-state index is 13.6. The summed E-state index contributed by atoms with van der Waals surface area (Å²) in [4.78, 5) is 13.6. The number of unbranched alkanes of at least 4 members (excludes halogenated alkanes) is 65. The predicted molar refractivity (Wildman–Crippen MR) is 467 cm³/mol. The number of carbonyl (C=O) groups is 1. The first-order valence-electron chi connectivity index (χ1n) is 49.4. The lowest BCUT2D eigenvalue weighted by Crippen LogP contribution is -2.66. The molecule has 0 saturated carbocycles. The van der Waals surface area contributed by atoms with E-state index in [2.05, 4.69) is 31.3 Å². The van der Waals surface area contributed by atoms with Gasteiger partial charge < -0.3 is 89.9 Å². The molecular formula is C96H185NO18. The molecule has 0 radical (unpaired) electrons. The number of carbonyl (C=O) groups excluding carboxylic acids is 1. The first-order valence-corrected chi connectivity index (χ1v) is 49.4. The third kappa shape index (κ3) is 54.0. The number of allylic oxidation sites excluding steroid dienone is 2. The van der Waals surface area contributed by atoms with Gasteiger partial charge in [-0.25, -0.2) is 0 Å². The number of hydrogen-bond acceptors (Lipinski definition) is 18. The van der Waals surface area contributed by atoms with Gasteiger partial charge in [0.05, 0.1) is 38.6 Å². The molecular weight excluding hydrogens is 1460 g/mol. The lowest BCUT2D eigenvalue weighted by molar-refractivity contribution is -0.379. The molecule has 19 nitrogen and oxygen atoms in total. The van der Waals surface area contributed by atoms with E-state index >= 15 is 0 Å². The first-order chi connectivity index (χ1) is 56.3. The summed E-state index contributed by atoms with van der Waals surface area (Å²) in [6.45, 7) is 1.89. The molecule has 115 heavy (non-hydrogen) atoms. The number of hydrogen-bond donors (Lipinski definition) is 12. The quantitative estimate of drug-likeness (QED) is 0.0199. The molecule has 0 aromatic carbocycles. The summed E-state index contributed by atoms with van der Waals surface area (Å²) in [5, 5.41) is 122. The summed E-state index contributed by atoms with van der Waals surface area (Å²) in [6.07, 6.45) is 69.3. The summed E-state index contributed by atoms with van der Waals surface area (Å²) in [5.41, 5.74) is 0. The third-order valence-corrected chi connectivity index (χ3v) is 25.1. The van der Waals surface area contributed by atoms with Crippen LogP contribution in [0.3, 0.4) is 0 Å². The SMILES string of the molecule is CCCCCCCCCC/C=C\CCCCCCCCCCCCCCCCCCCCCCCCCCCC(=O)NC(COC1OC(CO)C(OC2OC(CO)C(OC3OC(CO)C(O)C(O)C3O)C(O)C2O)C(O)C1O)C(O)CCCCCCCCCCCCCCCCCCCCCCCCCCCCCCCCCCC. The van der Waals surface area contributed by atoms with Crippen molar-refractivity contribution in [3.63, 3.8) is 0 Å². The van der Waals surface area contributed by atoms with Gasteiger partial charge in [-0.1, -0.05) is 431 Å². The summed E-state index contributed by atoms with van der Waals surface area (Å²) >= 11 is 0. The minimum atomic E-state index is -1.97. The molecule has 17 atom stereocenters. The third-order valence-electron chi connectivity index (χ3n) is 25.1. The van der Waals surface area contributed by atoms with Crippen molar-refractivity contribution in [1.82, 2.24) is 5.32 Å². The Morgan fingerprint density at radius 2 is 0.548 bits per heavy atom. The second-order valence-corrected chi connectivity index (χ2v) is 35.6. The van der Waals surface area contributed by atoms with Crippen molar-refractivity contribution < 1.29 is 89.4 Å². The van der Waals surface area contributed by atoms with Gasteiger partial charge in [0.25, 0.3) is 0 Å². The highest BCUT2D eigenvalue weighted by Crippen LogP contribution is 2.34. The molecule has 0 spiro atoms. The number of aliphatic hydroxyl groups excluding tert-OH is 11. The molecule has 12 N–H and O–H groups in total. The van der Waals surface area contributed by atoms with E-state index in [1.54, 1.807) is 0 Å². The molecule has 0 aliphatic carbocycles. The van der Waals surface area contributed by atoms with Crippen LogP contribution in [0.4, 0.5) is 0 Å². The minimum absolute atomic E-state index is 0.231. The van der Waals surface area contributed by atoms with Gasteiger partial charge in [0, 0.05) is 6.42 Å². The molecule has 3 fully saturated rings. The zero-order chi connectivity index (χ0) is 83.1. The smallest absolute Gasteiger partial charge is 0.220 e. The fraction of sp³-hybridized carbons (Fsp3) is 0.969. The van der Waals surface area contributed by atoms with Crippen molar-refractivity contribution in [2.45, 2.75) is 568 Å². The fourth-order valence-electron chi connectivity index (χ4n) is 17.3. The zero-order valence-corrected chi connectivity index (χ0v) is 74.1. The number of amides is 1. The molecule has 0 bridgehead atoms. The van der Waals surface area contributed by atoms with Gasteiger partial charge >= 0.3 is 0 Å². The van der Waals surface area contributed by atoms with Gasteiger partial charge in [-0.15, -0.1) is 0 Å². The van der Waals surface area contributed by atoms with Crippen molar-refractivity contribution in [3.05, 3.63) is 12.2 Å². The number of nitrogens with one attached hydrogen (secondary N) is 1. The summed E-state index contributed by atoms with van der Waals surface area (Å²) in [5.74, 6) is -0.231. The molecule has 3 saturated heterocycles. The Bertz CT molecular complexity index is 2110. The minimum Gasteiger partial charge on any atom is -0.394 e. The van der Waals surface area contributed by atoms with Crippen molar-refractivity contribution in [2.75, 3.05) is 26.4 Å². The molecule has 3 rings (SSSR count). The number of aliphatic hydroxyl groups is 11. The van der Waals surface area contributed by atoms with Crippen LogP contribution in [0.15, 0.2) is 12.2 Å². The standard InChI is InChI=1S/C96H185NO18/c1-3-5-7-9-11-13-15-17-19-21-23-25-27-29-31-33-35-37-38-39-40-42-44-46-48-50-52-54-56-58-60-62-64-66-68-70-72-74-84(102)97-79(80(101)73-71-69-67-65-63-61-59-57-55-53-51-49-47-45-43-41-36-34-32-30-28-26-24-22-20-18-16-14-12-10-8-6-4-2)78-110-94-90(108)87(105)92(82(76-99)112-94)115-96-91(109)88(106)93(83(77-100)113-96)114-95-89(107)86(104)85(103)81(75-98)111-95/h21,23,79-83,85-96,98-101,103-109H,3-20,22,24-78H2,1-2H3,(H,97,102)/b23-21-. The van der Waals surface area contributed by atoms with Gasteiger partial charge in [0.2, 0.25) is 5.91 Å². The van der Waals surface area contributed by atoms with Gasteiger partial charge in [-0.2, -0.15) is 0 Å². The highest BCUT2D eigenvalue weighted by atomic mass is 16.8. The average molecular weight is 1640 g/mol. The van der Waals surface area contributed by atoms with Crippen LogP contribution >= 0.6 is 0 Å². The Morgan fingerprint density at radius 1 is 0.304 bits per heavy atom. The Kier molecular flexibility index (Phi) is 71.4. The van der Waals surface area contributed by atoms with Crippen LogP contribution in [0.25, 0.3) is 0 Å². The number of ether oxygens (including phenoxy) is 6. The lowest BCUT2D eigenvalue weighted by atomic mass is 9.96. The maximum atomic E-state index is 13.6. The van der Waals surface area contributed by atoms with E-state index in [1.807, 2.05) is 0 Å². The number of rotatable bonds is 83. The lowest BCUT2D eigenvalue weighted by Gasteiger charge is -2.48. The van der Waals surface area contributed by atoms with Crippen LogP contribution < -0.4 is 5.32 Å². The van der Waals surface area contributed by atoms with E-state index in [9.17, 15) is 61.0 Å². The Labute approximate surface area is 703 Å². The van der Waals surface area contributed by atoms with Crippen LogP contribution in [0.1, 0.15) is 463 Å². The second-order valence-electron chi connectivity index (χ2n) is 35.6. The average Bonchev–Trinajstić information content (AvgIpc) is 0.779. The van der Waals surface area contributed by atoms with Gasteiger partial charge in [-0.3, -0.25) is 4.79 Å². The molecule has 0 aromatic heterocycles. The normalized spacial score (nSPS) is 24.5. The van der Waals surface area contributed by atoms with Crippen molar-refractivity contribution in [2.24, 2.45) is 0 Å². The molecule has 19 heteroatoms. The zero-order valence-electron chi connectivity index (χ0n) is 74.1. The molecule has 1 amide bonds. The predicted octanol–water partition coefficient (Wildman–Crippen LogP) is 20.2. The van der Waals surface area contributed by atoms with Crippen LogP contribution in [-0.2, 0) is 33.2 Å². The van der Waals surface area contributed by atoms with Gasteiger partial charge in [0.1, 0.15) is 73.2 Å². The monoisotopic (exact) mass is 1640 g/mol. The van der Waals surface area contributed by atoms with Crippen LogP contribution in [0, 0.1) is 0 Å². The highest BCUT2D eigenvalue weighted by Gasteiger charge is 2.54. The van der Waals surface area contributed by atoms with Crippen molar-refractivity contribution in [1.29, 1.82) is 0 Å². The highest BCUT2D eigenvalue weighted by molar-refractivity contribution is 5.76. The van der Waals surface area contributed by atoms with E-state index in [0.29, 0.717) is 12.8 Å². The van der Waals surface area contributed by atoms with E-state index < -0.39 is 124 Å². The fourth-order valence-corrected chi connectivity index (χ4v) is 17.3. The van der Waals surface area contributed by atoms with Crippen molar-refractivity contribution >= 4 is 5.91 Å². The maximum Gasteiger partial charge on any atom is 0.220 e. The largest absolute Gasteiger partial charge is 0.394 e. The summed E-state index contributed by atoms with van der Waals surface area (Å²) < 4.78 is 34.7. The van der Waals surface area contributed by atoms with E-state index in [0.717, 1.165) is 44.9 Å². The molecule has 3 aliphatic rings. The Balaban J connectivity index is 1.28. The Hall–Kier alpha value is -1.47. The second kappa shape index (κ2) is 76.2. The van der Waals surface area contributed by atoms with Crippen molar-refractivity contribution in [3.8, 4) is 0 Å². The topological polar surface area (TPSA) is 307 Å². The van der Waals surface area contributed by atoms with Crippen LogP contribution in [-0.4, -0.2) is 193 Å². The van der Waals surface area contributed by atoms with E-state index in [1.165, 1.54) is 385 Å². The van der Waals surface area contributed by atoms with E-state index in [-0.39, 0.29) is 18.9 Å². The first kappa shape index (κ1) is 108. The molecule has 682 valence electrons. The molecule has 3 heterocycles. The summed E-state index contributed by atoms with van der Waals surface area (Å²) in [7, 11) is 0. The Morgan fingerprint density at radius 3 is 0.843 bits per heavy atom. The molecule has 0 aromatic rings.